The van der Waals surface area contributed by atoms with Crippen molar-refractivity contribution in [2.24, 2.45) is 0 Å². The predicted octanol–water partition coefficient (Wildman–Crippen LogP) is 4.02. The fourth-order valence-electron chi connectivity index (χ4n) is 1.99. The maximum atomic E-state index is 5.96. The van der Waals surface area contributed by atoms with Crippen molar-refractivity contribution in [2.45, 2.75) is 13.0 Å². The van der Waals surface area contributed by atoms with Gasteiger partial charge in [-0.2, -0.15) is 0 Å². The van der Waals surface area contributed by atoms with Gasteiger partial charge in [0.05, 0.1) is 10.2 Å². The van der Waals surface area contributed by atoms with Crippen LogP contribution in [0.2, 0.25) is 0 Å². The number of ether oxygens (including phenoxy) is 1. The Labute approximate surface area is 115 Å². The maximum Gasteiger partial charge on any atom is 0.181 e. The topological polar surface area (TPSA) is 48.1 Å². The van der Waals surface area contributed by atoms with Crippen LogP contribution in [0.25, 0.3) is 10.2 Å². The number of anilines is 1. The minimum absolute atomic E-state index is 0.0175. The third kappa shape index (κ3) is 2.53. The first-order valence-electron chi connectivity index (χ1n) is 6.10. The van der Waals surface area contributed by atoms with E-state index >= 15 is 0 Å². The van der Waals surface area contributed by atoms with E-state index in [1.165, 1.54) is 11.3 Å². The third-order valence-electron chi connectivity index (χ3n) is 2.96. The van der Waals surface area contributed by atoms with E-state index in [1.807, 2.05) is 43.3 Å². The highest BCUT2D eigenvalue weighted by atomic mass is 32.1. The van der Waals surface area contributed by atoms with Gasteiger partial charge in [0.25, 0.3) is 0 Å². The number of nitrogens with zero attached hydrogens (tertiary/aromatic N) is 1. The van der Waals surface area contributed by atoms with Crippen LogP contribution in [0.5, 0.6) is 5.75 Å². The van der Waals surface area contributed by atoms with E-state index in [1.54, 1.807) is 0 Å². The summed E-state index contributed by atoms with van der Waals surface area (Å²) in [7, 11) is 0. The van der Waals surface area contributed by atoms with Crippen molar-refractivity contribution >= 4 is 26.7 Å². The summed E-state index contributed by atoms with van der Waals surface area (Å²) in [5.74, 6) is 0.840. The Hall–Kier alpha value is -2.07. The molecule has 0 aliphatic rings. The lowest BCUT2D eigenvalue weighted by Gasteiger charge is -2.14. The molecule has 0 fully saturated rings. The second-order valence-corrected chi connectivity index (χ2v) is 5.41. The minimum Gasteiger partial charge on any atom is -0.486 e. The Bertz CT molecular complexity index is 694. The Morgan fingerprint density at radius 3 is 2.74 bits per heavy atom. The second-order valence-electron chi connectivity index (χ2n) is 4.35. The summed E-state index contributed by atoms with van der Waals surface area (Å²) in [5, 5.41) is 0.586. The van der Waals surface area contributed by atoms with Crippen molar-refractivity contribution in [2.75, 3.05) is 5.73 Å². The van der Waals surface area contributed by atoms with Crippen LogP contribution in [0, 0.1) is 0 Å². The van der Waals surface area contributed by atoms with Gasteiger partial charge in [0.2, 0.25) is 0 Å². The molecule has 0 spiro atoms. The van der Waals surface area contributed by atoms with Crippen LogP contribution < -0.4 is 10.5 Å². The normalized spacial score (nSPS) is 12.5. The molecule has 3 nitrogen and oxygen atoms in total. The number of benzene rings is 2. The summed E-state index contributed by atoms with van der Waals surface area (Å²) < 4.78 is 7.01. The van der Waals surface area contributed by atoms with Gasteiger partial charge in [-0.15, -0.1) is 0 Å². The number of hydrogen-bond acceptors (Lipinski definition) is 4. The van der Waals surface area contributed by atoms with Gasteiger partial charge in [-0.1, -0.05) is 41.7 Å². The Balaban J connectivity index is 1.85. The van der Waals surface area contributed by atoms with Crippen LogP contribution in [-0.4, -0.2) is 4.98 Å². The first-order chi connectivity index (χ1) is 9.22. The largest absolute Gasteiger partial charge is 0.486 e. The lowest BCUT2D eigenvalue weighted by molar-refractivity contribution is 0.227. The number of nitrogens with two attached hydrogens (primary N) is 1. The summed E-state index contributed by atoms with van der Waals surface area (Å²) in [6.45, 7) is 2.04. The average Bonchev–Trinajstić information content (AvgIpc) is 2.79. The summed E-state index contributed by atoms with van der Waals surface area (Å²) in [5.41, 5.74) is 7.78. The minimum atomic E-state index is 0.0175. The number of aromatic nitrogens is 1. The van der Waals surface area contributed by atoms with Crippen LogP contribution in [0.4, 0.5) is 5.13 Å². The Morgan fingerprint density at radius 2 is 1.95 bits per heavy atom. The molecule has 0 radical (unpaired) electrons. The predicted molar refractivity (Wildman–Crippen MR) is 79.5 cm³/mol. The molecule has 96 valence electrons. The van der Waals surface area contributed by atoms with Gasteiger partial charge in [-0.05, 0) is 30.7 Å². The molecule has 2 aromatic carbocycles. The van der Waals surface area contributed by atoms with Gasteiger partial charge >= 0.3 is 0 Å². The standard InChI is InChI=1S/C15H14N2OS/c1-10(11-5-3-2-4-6-11)18-12-7-8-13-14(9-12)19-15(16)17-13/h2-10H,1H3,(H2,16,17). The number of fused-ring (bicyclic) bond motifs is 1. The van der Waals surface area contributed by atoms with Crippen molar-refractivity contribution in [1.29, 1.82) is 0 Å². The lowest BCUT2D eigenvalue weighted by Crippen LogP contribution is -2.02. The van der Waals surface area contributed by atoms with Crippen LogP contribution in [0.1, 0.15) is 18.6 Å². The first kappa shape index (κ1) is 12.0. The van der Waals surface area contributed by atoms with E-state index in [9.17, 15) is 0 Å². The monoisotopic (exact) mass is 270 g/mol. The molecular formula is C15H14N2OS. The van der Waals surface area contributed by atoms with Gasteiger partial charge in [0.1, 0.15) is 11.9 Å². The highest BCUT2D eigenvalue weighted by Crippen LogP contribution is 2.29. The van der Waals surface area contributed by atoms with Gasteiger partial charge in [-0.3, -0.25) is 0 Å². The van der Waals surface area contributed by atoms with E-state index in [4.69, 9.17) is 10.5 Å². The van der Waals surface area contributed by atoms with E-state index in [-0.39, 0.29) is 6.10 Å². The number of rotatable bonds is 3. The molecule has 3 aromatic rings. The number of hydrogen-bond donors (Lipinski definition) is 1. The van der Waals surface area contributed by atoms with Crippen LogP contribution in [0.15, 0.2) is 48.5 Å². The highest BCUT2D eigenvalue weighted by molar-refractivity contribution is 7.22. The SMILES string of the molecule is CC(Oc1ccc2nc(N)sc2c1)c1ccccc1. The third-order valence-corrected chi connectivity index (χ3v) is 3.81. The van der Waals surface area contributed by atoms with Crippen LogP contribution in [0.3, 0.4) is 0 Å². The molecule has 4 heteroatoms. The summed E-state index contributed by atoms with van der Waals surface area (Å²) in [6.07, 6.45) is 0.0175. The van der Waals surface area contributed by atoms with E-state index in [2.05, 4.69) is 17.1 Å². The Kier molecular flexibility index (Phi) is 3.09. The van der Waals surface area contributed by atoms with E-state index in [0.29, 0.717) is 5.13 Å². The summed E-state index contributed by atoms with van der Waals surface area (Å²) >= 11 is 1.48. The summed E-state index contributed by atoms with van der Waals surface area (Å²) in [4.78, 5) is 4.23. The zero-order valence-electron chi connectivity index (χ0n) is 10.5. The van der Waals surface area contributed by atoms with Gasteiger partial charge in [0, 0.05) is 0 Å². The second kappa shape index (κ2) is 4.90. The Morgan fingerprint density at radius 1 is 1.16 bits per heavy atom. The molecule has 0 saturated heterocycles. The quantitative estimate of drug-likeness (QED) is 0.782. The van der Waals surface area contributed by atoms with E-state index < -0.39 is 0 Å². The zero-order valence-corrected chi connectivity index (χ0v) is 11.4. The fourth-order valence-corrected chi connectivity index (χ4v) is 2.75. The van der Waals surface area contributed by atoms with E-state index in [0.717, 1.165) is 21.5 Å². The molecule has 1 atom stereocenters. The molecule has 0 bridgehead atoms. The maximum absolute atomic E-state index is 5.96. The van der Waals surface area contributed by atoms with Crippen molar-refractivity contribution in [3.63, 3.8) is 0 Å². The lowest BCUT2D eigenvalue weighted by atomic mass is 10.1. The van der Waals surface area contributed by atoms with Gasteiger partial charge < -0.3 is 10.5 Å². The molecule has 1 heterocycles. The average molecular weight is 270 g/mol. The van der Waals surface area contributed by atoms with Crippen molar-refractivity contribution in [3.05, 3.63) is 54.1 Å². The van der Waals surface area contributed by atoms with Crippen molar-refractivity contribution in [1.82, 2.24) is 4.98 Å². The molecular weight excluding hydrogens is 256 g/mol. The van der Waals surface area contributed by atoms with Crippen molar-refractivity contribution < 1.29 is 4.74 Å². The smallest absolute Gasteiger partial charge is 0.181 e. The first-order valence-corrected chi connectivity index (χ1v) is 6.92. The molecule has 0 saturated carbocycles. The molecule has 19 heavy (non-hydrogen) atoms. The number of thiazole rings is 1. The molecule has 0 amide bonds. The highest BCUT2D eigenvalue weighted by Gasteiger charge is 2.08. The van der Waals surface area contributed by atoms with Gasteiger partial charge in [-0.25, -0.2) is 4.98 Å². The molecule has 2 N–H and O–H groups in total. The molecule has 3 rings (SSSR count). The molecule has 1 unspecified atom stereocenters. The van der Waals surface area contributed by atoms with Crippen LogP contribution >= 0.6 is 11.3 Å². The molecule has 1 aromatic heterocycles. The van der Waals surface area contributed by atoms with Gasteiger partial charge in [0.15, 0.2) is 5.13 Å². The van der Waals surface area contributed by atoms with Crippen molar-refractivity contribution in [3.8, 4) is 5.75 Å². The van der Waals surface area contributed by atoms with Crippen LogP contribution in [-0.2, 0) is 0 Å². The molecule has 0 aliphatic carbocycles. The summed E-state index contributed by atoms with van der Waals surface area (Å²) in [6, 6.07) is 16.0. The fraction of sp³-hybridized carbons (Fsp3) is 0.133. The number of nitrogen functional groups attached to an aromatic ring is 1. The zero-order chi connectivity index (χ0) is 13.2. The molecule has 0 aliphatic heterocycles.